The van der Waals surface area contributed by atoms with E-state index in [4.69, 9.17) is 0 Å². The minimum absolute atomic E-state index is 0.122. The highest BCUT2D eigenvalue weighted by Crippen LogP contribution is 2.23. The van der Waals surface area contributed by atoms with Gasteiger partial charge >= 0.3 is 0 Å². The number of hydrogen-bond donors (Lipinski definition) is 2. The molecule has 2 N–H and O–H groups in total. The molecule has 1 aliphatic heterocycles. The summed E-state index contributed by atoms with van der Waals surface area (Å²) in [5.41, 5.74) is 4.38. The highest BCUT2D eigenvalue weighted by molar-refractivity contribution is 5.76. The first-order chi connectivity index (χ1) is 12.0. The van der Waals surface area contributed by atoms with E-state index in [-0.39, 0.29) is 11.8 Å². The Morgan fingerprint density at radius 1 is 1.32 bits per heavy atom. The topological polar surface area (TPSA) is 69.2 Å². The molecule has 0 aliphatic carbocycles. The van der Waals surface area contributed by atoms with Gasteiger partial charge in [0.1, 0.15) is 0 Å². The summed E-state index contributed by atoms with van der Waals surface area (Å²) in [4.78, 5) is 14.3. The van der Waals surface area contributed by atoms with E-state index in [1.54, 1.807) is 0 Å². The molecule has 0 bridgehead atoms. The van der Waals surface area contributed by atoms with Crippen molar-refractivity contribution in [1.82, 2.24) is 15.1 Å². The van der Waals surface area contributed by atoms with E-state index in [1.807, 2.05) is 36.9 Å². The highest BCUT2D eigenvalue weighted by atomic mass is 16.3. The fourth-order valence-corrected chi connectivity index (χ4v) is 3.69. The first-order valence-electron chi connectivity index (χ1n) is 9.05. The Bertz CT molecular complexity index is 691. The summed E-state index contributed by atoms with van der Waals surface area (Å²) in [5, 5.41) is 17.6. The fourth-order valence-electron chi connectivity index (χ4n) is 3.69. The average Bonchev–Trinajstić information content (AvgIpc) is 2.93. The van der Waals surface area contributed by atoms with Gasteiger partial charge in [0, 0.05) is 25.2 Å². The van der Waals surface area contributed by atoms with Gasteiger partial charge in [-0.15, -0.1) is 0 Å². The van der Waals surface area contributed by atoms with Gasteiger partial charge in [0.05, 0.1) is 11.8 Å². The van der Waals surface area contributed by atoms with Gasteiger partial charge in [-0.1, -0.05) is 30.3 Å². The van der Waals surface area contributed by atoms with Crippen LogP contribution in [0, 0.1) is 19.8 Å². The van der Waals surface area contributed by atoms with Crippen LogP contribution in [0.4, 0.5) is 0 Å². The smallest absolute Gasteiger partial charge is 0.222 e. The number of aliphatic hydroxyl groups excluding tert-OH is 1. The van der Waals surface area contributed by atoms with Crippen molar-refractivity contribution >= 4 is 5.91 Å². The van der Waals surface area contributed by atoms with Crippen molar-refractivity contribution in [2.45, 2.75) is 45.6 Å². The maximum Gasteiger partial charge on any atom is 0.222 e. The molecule has 1 saturated heterocycles. The molecular weight excluding hydrogens is 314 g/mol. The van der Waals surface area contributed by atoms with E-state index in [0.717, 1.165) is 36.3 Å². The SMILES string of the molecule is Cc1n[nH]c(C)c1CCC(=O)N1CC[C@H](Cc2ccccc2)[C@@H](O)C1. The molecule has 2 atom stereocenters. The Hall–Kier alpha value is -2.14. The van der Waals surface area contributed by atoms with Crippen LogP contribution in [0.2, 0.25) is 0 Å². The van der Waals surface area contributed by atoms with E-state index in [2.05, 4.69) is 22.3 Å². The monoisotopic (exact) mass is 341 g/mol. The zero-order valence-electron chi connectivity index (χ0n) is 15.0. The molecular formula is C20H27N3O2. The van der Waals surface area contributed by atoms with E-state index >= 15 is 0 Å². The van der Waals surface area contributed by atoms with E-state index in [9.17, 15) is 9.90 Å². The van der Waals surface area contributed by atoms with E-state index in [0.29, 0.717) is 19.4 Å². The predicted molar refractivity (Wildman–Crippen MR) is 97.2 cm³/mol. The van der Waals surface area contributed by atoms with E-state index < -0.39 is 6.10 Å². The minimum Gasteiger partial charge on any atom is -0.391 e. The van der Waals surface area contributed by atoms with Crippen molar-refractivity contribution in [1.29, 1.82) is 0 Å². The molecule has 1 aromatic carbocycles. The number of aromatic amines is 1. The van der Waals surface area contributed by atoms with E-state index in [1.165, 1.54) is 5.56 Å². The largest absolute Gasteiger partial charge is 0.391 e. The van der Waals surface area contributed by atoms with Crippen LogP contribution >= 0.6 is 0 Å². The van der Waals surface area contributed by atoms with Gasteiger partial charge in [0.25, 0.3) is 0 Å². The van der Waals surface area contributed by atoms with Crippen LogP contribution in [-0.4, -0.2) is 45.3 Å². The second-order valence-electron chi connectivity index (χ2n) is 7.06. The summed E-state index contributed by atoms with van der Waals surface area (Å²) in [6.45, 7) is 5.12. The van der Waals surface area contributed by atoms with Gasteiger partial charge in [0.2, 0.25) is 5.91 Å². The van der Waals surface area contributed by atoms with Gasteiger partial charge in [-0.2, -0.15) is 5.10 Å². The average molecular weight is 341 g/mol. The normalized spacial score (nSPS) is 20.7. The van der Waals surface area contributed by atoms with Gasteiger partial charge in [-0.05, 0) is 50.2 Å². The summed E-state index contributed by atoms with van der Waals surface area (Å²) in [5.74, 6) is 0.349. The Kier molecular flexibility index (Phi) is 5.53. The Balaban J connectivity index is 1.51. The molecule has 1 fully saturated rings. The first kappa shape index (κ1) is 17.7. The van der Waals surface area contributed by atoms with Crippen LogP contribution in [0.1, 0.15) is 35.4 Å². The number of carbonyl (C=O) groups is 1. The van der Waals surface area contributed by atoms with Crippen LogP contribution in [0.3, 0.4) is 0 Å². The van der Waals surface area contributed by atoms with Gasteiger partial charge in [-0.3, -0.25) is 9.89 Å². The second kappa shape index (κ2) is 7.83. The van der Waals surface area contributed by atoms with Crippen LogP contribution in [-0.2, 0) is 17.6 Å². The summed E-state index contributed by atoms with van der Waals surface area (Å²) >= 11 is 0. The molecule has 0 radical (unpaired) electrons. The van der Waals surface area contributed by atoms with Crippen molar-refractivity contribution < 1.29 is 9.90 Å². The number of piperidine rings is 1. The number of nitrogens with one attached hydrogen (secondary N) is 1. The molecule has 5 heteroatoms. The van der Waals surface area contributed by atoms with Gasteiger partial charge in [-0.25, -0.2) is 0 Å². The Morgan fingerprint density at radius 3 is 2.72 bits per heavy atom. The number of H-pyrrole nitrogens is 1. The second-order valence-corrected chi connectivity index (χ2v) is 7.06. The zero-order valence-corrected chi connectivity index (χ0v) is 15.0. The third kappa shape index (κ3) is 4.28. The number of likely N-dealkylation sites (tertiary alicyclic amines) is 1. The minimum atomic E-state index is -0.449. The number of nitrogens with zero attached hydrogens (tertiary/aromatic N) is 2. The number of rotatable bonds is 5. The molecule has 0 unspecified atom stereocenters. The predicted octanol–water partition coefficient (Wildman–Crippen LogP) is 2.41. The standard InChI is InChI=1S/C20H27N3O2/c1-14-18(15(2)22-21-14)8-9-20(25)23-11-10-17(19(24)13-23)12-16-6-4-3-5-7-16/h3-7,17,19,24H,8-13H2,1-2H3,(H,21,22)/t17-,19+/m1/s1. The molecule has 2 heterocycles. The van der Waals surface area contributed by atoms with Crippen molar-refractivity contribution in [3.8, 4) is 0 Å². The maximum atomic E-state index is 12.5. The first-order valence-corrected chi connectivity index (χ1v) is 9.05. The lowest BCUT2D eigenvalue weighted by atomic mass is 9.87. The maximum absolute atomic E-state index is 12.5. The van der Waals surface area contributed by atoms with Crippen molar-refractivity contribution in [3.05, 3.63) is 52.8 Å². The zero-order chi connectivity index (χ0) is 17.8. The Labute approximate surface area is 149 Å². The highest BCUT2D eigenvalue weighted by Gasteiger charge is 2.30. The van der Waals surface area contributed by atoms with Crippen LogP contribution in [0.25, 0.3) is 0 Å². The molecule has 0 saturated carbocycles. The van der Waals surface area contributed by atoms with Crippen molar-refractivity contribution in [2.24, 2.45) is 5.92 Å². The molecule has 0 spiro atoms. The number of carbonyl (C=O) groups excluding carboxylic acids is 1. The fraction of sp³-hybridized carbons (Fsp3) is 0.500. The lowest BCUT2D eigenvalue weighted by molar-refractivity contribution is -0.135. The number of aromatic nitrogens is 2. The number of aryl methyl sites for hydroxylation is 2. The molecule has 25 heavy (non-hydrogen) atoms. The molecule has 134 valence electrons. The summed E-state index contributed by atoms with van der Waals surface area (Å²) in [7, 11) is 0. The lowest BCUT2D eigenvalue weighted by Crippen LogP contribution is -2.47. The number of hydrogen-bond acceptors (Lipinski definition) is 3. The summed E-state index contributed by atoms with van der Waals surface area (Å²) in [6, 6.07) is 10.3. The van der Waals surface area contributed by atoms with Gasteiger partial charge in [0.15, 0.2) is 0 Å². The van der Waals surface area contributed by atoms with Crippen LogP contribution < -0.4 is 0 Å². The molecule has 1 amide bonds. The summed E-state index contributed by atoms with van der Waals surface area (Å²) in [6.07, 6.45) is 2.45. The number of aliphatic hydroxyl groups is 1. The molecule has 1 aromatic heterocycles. The van der Waals surface area contributed by atoms with Crippen LogP contribution in [0.15, 0.2) is 30.3 Å². The van der Waals surface area contributed by atoms with Crippen molar-refractivity contribution in [2.75, 3.05) is 13.1 Å². The molecule has 1 aliphatic rings. The Morgan fingerprint density at radius 2 is 2.08 bits per heavy atom. The lowest BCUT2D eigenvalue weighted by Gasteiger charge is -2.36. The quantitative estimate of drug-likeness (QED) is 0.877. The molecule has 3 rings (SSSR count). The number of benzene rings is 1. The van der Waals surface area contributed by atoms with Crippen molar-refractivity contribution in [3.63, 3.8) is 0 Å². The number of β-amino-alcohol motifs (C(OH)–C–C–N with tert-alkyl or cyclic N) is 1. The third-order valence-electron chi connectivity index (χ3n) is 5.28. The van der Waals surface area contributed by atoms with Crippen LogP contribution in [0.5, 0.6) is 0 Å². The number of amides is 1. The third-order valence-corrected chi connectivity index (χ3v) is 5.28. The molecule has 2 aromatic rings. The molecule has 5 nitrogen and oxygen atoms in total. The van der Waals surface area contributed by atoms with Gasteiger partial charge < -0.3 is 10.0 Å². The summed E-state index contributed by atoms with van der Waals surface area (Å²) < 4.78 is 0.